The molecule has 0 bridgehead atoms. The molecule has 5 heteroatoms. The fourth-order valence-electron chi connectivity index (χ4n) is 1.28. The average molecular weight is 219 g/mol. The van der Waals surface area contributed by atoms with Crippen LogP contribution in [-0.2, 0) is 6.42 Å². The number of aromatic carboxylic acids is 1. The first-order chi connectivity index (χ1) is 7.65. The van der Waals surface area contributed by atoms with Crippen LogP contribution in [0.1, 0.15) is 21.9 Å². The number of aromatic hydroxyl groups is 1. The molecule has 0 fully saturated rings. The van der Waals surface area contributed by atoms with E-state index in [1.807, 2.05) is 0 Å². The zero-order chi connectivity index (χ0) is 11.5. The Balaban J connectivity index is 2.14. The first kappa shape index (κ1) is 10.2. The Morgan fingerprint density at radius 1 is 1.31 bits per heavy atom. The summed E-state index contributed by atoms with van der Waals surface area (Å²) in [7, 11) is 0. The highest BCUT2D eigenvalue weighted by atomic mass is 16.4. The van der Waals surface area contributed by atoms with Crippen LogP contribution in [0.3, 0.4) is 0 Å². The van der Waals surface area contributed by atoms with E-state index in [1.165, 1.54) is 0 Å². The minimum absolute atomic E-state index is 0.103. The second-order valence-corrected chi connectivity index (χ2v) is 3.27. The van der Waals surface area contributed by atoms with E-state index in [9.17, 15) is 4.79 Å². The summed E-state index contributed by atoms with van der Waals surface area (Å²) in [6, 6.07) is 6.55. The van der Waals surface area contributed by atoms with E-state index in [0.717, 1.165) is 11.8 Å². The molecule has 0 aliphatic carbocycles. The van der Waals surface area contributed by atoms with Crippen LogP contribution >= 0.6 is 0 Å². The van der Waals surface area contributed by atoms with Crippen molar-refractivity contribution >= 4 is 5.97 Å². The number of rotatable bonds is 3. The third-order valence-corrected chi connectivity index (χ3v) is 2.06. The maximum atomic E-state index is 10.6. The van der Waals surface area contributed by atoms with Crippen LogP contribution in [0.15, 0.2) is 34.9 Å². The Morgan fingerprint density at radius 2 is 2.00 bits per heavy atom. The van der Waals surface area contributed by atoms with E-state index >= 15 is 0 Å². The summed E-state index contributed by atoms with van der Waals surface area (Å²) in [5.74, 6) is -0.592. The van der Waals surface area contributed by atoms with Crippen LogP contribution in [0.25, 0.3) is 0 Å². The number of phenolic OH excluding ortho intramolecular Hbond substituents is 1. The van der Waals surface area contributed by atoms with Gasteiger partial charge in [0.25, 0.3) is 0 Å². The number of oxazole rings is 1. The monoisotopic (exact) mass is 219 g/mol. The number of nitrogens with zero attached hydrogens (tertiary/aromatic N) is 1. The normalized spacial score (nSPS) is 10.2. The molecule has 2 aromatic rings. The van der Waals surface area contributed by atoms with E-state index in [1.54, 1.807) is 24.3 Å². The molecule has 0 aliphatic rings. The maximum absolute atomic E-state index is 10.6. The van der Waals surface area contributed by atoms with E-state index in [4.69, 9.17) is 14.6 Å². The van der Waals surface area contributed by atoms with Crippen LogP contribution in [0.2, 0.25) is 0 Å². The summed E-state index contributed by atoms with van der Waals surface area (Å²) < 4.78 is 5.01. The van der Waals surface area contributed by atoms with Crippen LogP contribution in [0.5, 0.6) is 5.75 Å². The number of aromatic nitrogens is 1. The number of benzene rings is 1. The minimum Gasteiger partial charge on any atom is -0.508 e. The summed E-state index contributed by atoms with van der Waals surface area (Å²) in [6.07, 6.45) is 1.51. The molecule has 0 aliphatic heterocycles. The van der Waals surface area contributed by atoms with Gasteiger partial charge >= 0.3 is 5.97 Å². The Labute approximate surface area is 91.0 Å². The van der Waals surface area contributed by atoms with E-state index in [0.29, 0.717) is 12.3 Å². The Bertz CT molecular complexity index is 501. The molecule has 0 radical (unpaired) electrons. The molecule has 1 aromatic carbocycles. The van der Waals surface area contributed by atoms with Crippen LogP contribution in [0, 0.1) is 0 Å². The second-order valence-electron chi connectivity index (χ2n) is 3.27. The van der Waals surface area contributed by atoms with Crippen molar-refractivity contribution < 1.29 is 19.4 Å². The van der Waals surface area contributed by atoms with Crippen LogP contribution in [0.4, 0.5) is 0 Å². The highest BCUT2D eigenvalue weighted by Gasteiger charge is 2.10. The first-order valence-corrected chi connectivity index (χ1v) is 4.61. The zero-order valence-corrected chi connectivity index (χ0v) is 8.25. The Hall–Kier alpha value is -2.30. The van der Waals surface area contributed by atoms with Gasteiger partial charge in [-0.15, -0.1) is 0 Å². The average Bonchev–Trinajstić information content (AvgIpc) is 2.70. The second kappa shape index (κ2) is 4.06. The lowest BCUT2D eigenvalue weighted by molar-refractivity contribution is 0.0690. The van der Waals surface area contributed by atoms with Crippen molar-refractivity contribution in [2.24, 2.45) is 0 Å². The quantitative estimate of drug-likeness (QED) is 0.820. The van der Waals surface area contributed by atoms with Crippen molar-refractivity contribution in [1.82, 2.24) is 4.98 Å². The molecule has 82 valence electrons. The highest BCUT2D eigenvalue weighted by Crippen LogP contribution is 2.13. The first-order valence-electron chi connectivity index (χ1n) is 4.61. The third-order valence-electron chi connectivity index (χ3n) is 2.06. The standard InChI is InChI=1S/C11H9NO4/c13-8-3-1-7(2-4-8)5-10-12-9(6-16-10)11(14)15/h1-4,6,13H,5H2,(H,14,15). The predicted molar refractivity (Wildman–Crippen MR) is 54.4 cm³/mol. The number of carboxylic acids is 1. The molecule has 5 nitrogen and oxygen atoms in total. The summed E-state index contributed by atoms with van der Waals surface area (Å²) in [4.78, 5) is 14.4. The van der Waals surface area contributed by atoms with Crippen LogP contribution < -0.4 is 0 Å². The molecule has 2 N–H and O–H groups in total. The molecular weight excluding hydrogens is 210 g/mol. The smallest absolute Gasteiger partial charge is 0.357 e. The molecule has 0 atom stereocenters. The molecule has 1 aromatic heterocycles. The van der Waals surface area contributed by atoms with E-state index in [-0.39, 0.29) is 11.4 Å². The van der Waals surface area contributed by atoms with Gasteiger partial charge in [0.15, 0.2) is 11.6 Å². The largest absolute Gasteiger partial charge is 0.508 e. The lowest BCUT2D eigenvalue weighted by Crippen LogP contribution is -1.97. The minimum atomic E-state index is -1.11. The molecule has 2 rings (SSSR count). The van der Waals surface area contributed by atoms with Crippen molar-refractivity contribution in [1.29, 1.82) is 0 Å². The van der Waals surface area contributed by atoms with Gasteiger partial charge in [-0.3, -0.25) is 0 Å². The topological polar surface area (TPSA) is 83.6 Å². The van der Waals surface area contributed by atoms with Gasteiger partial charge in [0.2, 0.25) is 0 Å². The number of hydrogen-bond acceptors (Lipinski definition) is 4. The summed E-state index contributed by atoms with van der Waals surface area (Å²) in [5, 5.41) is 17.7. The fraction of sp³-hybridized carbons (Fsp3) is 0.0909. The van der Waals surface area contributed by atoms with Crippen LogP contribution in [-0.4, -0.2) is 21.2 Å². The molecule has 1 heterocycles. The Kier molecular flexibility index (Phi) is 2.59. The van der Waals surface area contributed by atoms with E-state index in [2.05, 4.69) is 4.98 Å². The van der Waals surface area contributed by atoms with Gasteiger partial charge in [0.05, 0.1) is 0 Å². The van der Waals surface area contributed by atoms with Crippen molar-refractivity contribution in [2.45, 2.75) is 6.42 Å². The summed E-state index contributed by atoms with van der Waals surface area (Å²) in [5.41, 5.74) is 0.783. The molecule has 0 saturated heterocycles. The number of phenols is 1. The zero-order valence-electron chi connectivity index (χ0n) is 8.25. The van der Waals surface area contributed by atoms with Crippen molar-refractivity contribution in [3.05, 3.63) is 47.7 Å². The maximum Gasteiger partial charge on any atom is 0.357 e. The summed E-state index contributed by atoms with van der Waals surface area (Å²) >= 11 is 0. The molecular formula is C11H9NO4. The third kappa shape index (κ3) is 2.20. The highest BCUT2D eigenvalue weighted by molar-refractivity contribution is 5.84. The van der Waals surface area contributed by atoms with Crippen molar-refractivity contribution in [2.75, 3.05) is 0 Å². The summed E-state index contributed by atoms with van der Waals surface area (Å²) in [6.45, 7) is 0. The van der Waals surface area contributed by atoms with Crippen molar-refractivity contribution in [3.8, 4) is 5.75 Å². The van der Waals surface area contributed by atoms with Gasteiger partial charge in [0, 0.05) is 6.42 Å². The van der Waals surface area contributed by atoms with Gasteiger partial charge in [-0.25, -0.2) is 9.78 Å². The van der Waals surface area contributed by atoms with Gasteiger partial charge < -0.3 is 14.6 Å². The van der Waals surface area contributed by atoms with Gasteiger partial charge in [-0.05, 0) is 17.7 Å². The van der Waals surface area contributed by atoms with Gasteiger partial charge in [0.1, 0.15) is 12.0 Å². The van der Waals surface area contributed by atoms with E-state index < -0.39 is 5.97 Å². The van der Waals surface area contributed by atoms with Gasteiger partial charge in [-0.1, -0.05) is 12.1 Å². The lowest BCUT2D eigenvalue weighted by Gasteiger charge is -1.97. The lowest BCUT2D eigenvalue weighted by atomic mass is 10.1. The molecule has 16 heavy (non-hydrogen) atoms. The molecule has 0 amide bonds. The predicted octanol–water partition coefficient (Wildman–Crippen LogP) is 1.67. The SMILES string of the molecule is O=C(O)c1coc(Cc2ccc(O)cc2)n1. The fourth-order valence-corrected chi connectivity index (χ4v) is 1.28. The van der Waals surface area contributed by atoms with Crippen molar-refractivity contribution in [3.63, 3.8) is 0 Å². The molecule has 0 unspecified atom stereocenters. The number of hydrogen-bond donors (Lipinski definition) is 2. The number of carboxylic acid groups (broad SMARTS) is 1. The number of carbonyl (C=O) groups is 1. The Morgan fingerprint density at radius 3 is 2.56 bits per heavy atom. The molecule has 0 saturated carbocycles. The van der Waals surface area contributed by atoms with Gasteiger partial charge in [-0.2, -0.15) is 0 Å². The molecule has 0 spiro atoms.